The van der Waals surface area contributed by atoms with Crippen LogP contribution in [0, 0.1) is 5.82 Å². The summed E-state index contributed by atoms with van der Waals surface area (Å²) in [5.41, 5.74) is 0.594. The maximum atomic E-state index is 13.1. The Morgan fingerprint density at radius 3 is 2.79 bits per heavy atom. The molecule has 2 nitrogen and oxygen atoms in total. The average molecular weight is 195 g/mol. The molecule has 0 aliphatic rings. The summed E-state index contributed by atoms with van der Waals surface area (Å²) in [5, 5.41) is 2.90. The van der Waals surface area contributed by atoms with Crippen molar-refractivity contribution in [1.29, 1.82) is 0 Å². The first-order valence-electron chi connectivity index (χ1n) is 4.70. The molecule has 0 amide bonds. The summed E-state index contributed by atoms with van der Waals surface area (Å²) < 4.78 is 13.1. The van der Waals surface area contributed by atoms with E-state index in [4.69, 9.17) is 0 Å². The molecule has 0 radical (unpaired) electrons. The van der Waals surface area contributed by atoms with Crippen molar-refractivity contribution in [2.24, 2.45) is 0 Å². The molecule has 0 aliphatic heterocycles. The molecule has 1 N–H and O–H groups in total. The van der Waals surface area contributed by atoms with Gasteiger partial charge in [-0.15, -0.1) is 0 Å². The van der Waals surface area contributed by atoms with E-state index in [-0.39, 0.29) is 11.6 Å². The number of benzene rings is 1. The molecule has 0 saturated carbocycles. The molecule has 1 aromatic carbocycles. The van der Waals surface area contributed by atoms with E-state index in [0.29, 0.717) is 25.1 Å². The predicted octanol–water partition coefficient (Wildman–Crippen LogP) is 1.89. The van der Waals surface area contributed by atoms with Gasteiger partial charge in [-0.25, -0.2) is 4.39 Å². The summed E-state index contributed by atoms with van der Waals surface area (Å²) in [6, 6.07) is 6.55. The van der Waals surface area contributed by atoms with E-state index in [1.807, 2.05) is 6.92 Å². The second-order valence-corrected chi connectivity index (χ2v) is 3.09. The third-order valence-electron chi connectivity index (χ3n) is 1.99. The topological polar surface area (TPSA) is 29.1 Å². The molecule has 0 aromatic heterocycles. The van der Waals surface area contributed by atoms with Crippen LogP contribution in [0.15, 0.2) is 24.3 Å². The van der Waals surface area contributed by atoms with Crippen LogP contribution < -0.4 is 5.32 Å². The average Bonchev–Trinajstić information content (AvgIpc) is 2.20. The summed E-state index contributed by atoms with van der Waals surface area (Å²) in [5.74, 6) is -0.0923. The second-order valence-electron chi connectivity index (χ2n) is 3.09. The number of carbonyl (C=O) groups excluding carboxylic acids is 1. The van der Waals surface area contributed by atoms with Crippen molar-refractivity contribution in [3.8, 4) is 0 Å². The van der Waals surface area contributed by atoms with Crippen molar-refractivity contribution < 1.29 is 9.18 Å². The lowest BCUT2D eigenvalue weighted by atomic mass is 10.2. The third-order valence-corrected chi connectivity index (χ3v) is 1.99. The Hall–Kier alpha value is -1.22. The normalized spacial score (nSPS) is 10.1. The third kappa shape index (κ3) is 3.26. The number of rotatable bonds is 5. The Bertz CT molecular complexity index is 312. The highest BCUT2D eigenvalue weighted by atomic mass is 19.1. The van der Waals surface area contributed by atoms with E-state index in [1.54, 1.807) is 18.2 Å². The molecule has 0 atom stereocenters. The number of Topliss-reactive ketones (excluding diaryl/α,β-unsaturated/α-hetero) is 1. The molecule has 0 bridgehead atoms. The van der Waals surface area contributed by atoms with Crippen LogP contribution in [0.25, 0.3) is 0 Å². The maximum Gasteiger partial charge on any atom is 0.146 e. The molecule has 76 valence electrons. The molecule has 0 fully saturated rings. The van der Waals surface area contributed by atoms with E-state index in [0.717, 1.165) is 0 Å². The number of carbonyl (C=O) groups is 1. The Labute approximate surface area is 83.1 Å². The van der Waals surface area contributed by atoms with Crippen LogP contribution in [0.5, 0.6) is 0 Å². The zero-order valence-corrected chi connectivity index (χ0v) is 8.22. The lowest BCUT2D eigenvalue weighted by Crippen LogP contribution is -2.22. The number of hydrogen-bond donors (Lipinski definition) is 1. The second kappa shape index (κ2) is 5.50. The summed E-state index contributed by atoms with van der Waals surface area (Å²) in [4.78, 5) is 10.9. The van der Waals surface area contributed by atoms with Crippen molar-refractivity contribution in [1.82, 2.24) is 5.32 Å². The molecule has 0 aliphatic carbocycles. The van der Waals surface area contributed by atoms with Gasteiger partial charge < -0.3 is 5.32 Å². The van der Waals surface area contributed by atoms with Crippen molar-refractivity contribution in [2.75, 3.05) is 6.54 Å². The fourth-order valence-electron chi connectivity index (χ4n) is 1.10. The standard InChI is InChI=1S/C11H14FNO/c1-2-10(14)8-13-7-9-5-3-4-6-11(9)12/h3-6,13H,2,7-8H2,1H3. The smallest absolute Gasteiger partial charge is 0.146 e. The van der Waals surface area contributed by atoms with Crippen LogP contribution in [-0.4, -0.2) is 12.3 Å². The molecule has 1 rings (SSSR count). The van der Waals surface area contributed by atoms with Crippen molar-refractivity contribution in [3.05, 3.63) is 35.6 Å². The Kier molecular flexibility index (Phi) is 4.26. The summed E-state index contributed by atoms with van der Waals surface area (Å²) in [6.07, 6.45) is 0.518. The van der Waals surface area contributed by atoms with Crippen LogP contribution in [0.1, 0.15) is 18.9 Å². The van der Waals surface area contributed by atoms with Crippen LogP contribution in [0.3, 0.4) is 0 Å². The lowest BCUT2D eigenvalue weighted by Gasteiger charge is -2.04. The van der Waals surface area contributed by atoms with Gasteiger partial charge in [0.2, 0.25) is 0 Å². The molecule has 0 unspecified atom stereocenters. The van der Waals surface area contributed by atoms with Gasteiger partial charge in [-0.1, -0.05) is 25.1 Å². The number of ketones is 1. The van der Waals surface area contributed by atoms with Gasteiger partial charge in [0.25, 0.3) is 0 Å². The van der Waals surface area contributed by atoms with Crippen molar-refractivity contribution in [2.45, 2.75) is 19.9 Å². The molecule has 0 saturated heterocycles. The minimum atomic E-state index is -0.232. The summed E-state index contributed by atoms with van der Waals surface area (Å²) in [6.45, 7) is 2.52. The fraction of sp³-hybridized carbons (Fsp3) is 0.364. The molecular weight excluding hydrogens is 181 g/mol. The van der Waals surface area contributed by atoms with Gasteiger partial charge in [0, 0.05) is 18.5 Å². The number of hydrogen-bond acceptors (Lipinski definition) is 2. The number of halogens is 1. The van der Waals surface area contributed by atoms with Gasteiger partial charge in [-0.3, -0.25) is 4.79 Å². The van der Waals surface area contributed by atoms with E-state index in [1.165, 1.54) is 6.07 Å². The van der Waals surface area contributed by atoms with E-state index in [9.17, 15) is 9.18 Å². The van der Waals surface area contributed by atoms with Crippen LogP contribution in [-0.2, 0) is 11.3 Å². The quantitative estimate of drug-likeness (QED) is 0.777. The molecule has 1 aromatic rings. The molecule has 0 spiro atoms. The molecule has 14 heavy (non-hydrogen) atoms. The van der Waals surface area contributed by atoms with Gasteiger partial charge in [0.1, 0.15) is 11.6 Å². The number of nitrogens with one attached hydrogen (secondary N) is 1. The Morgan fingerprint density at radius 2 is 2.14 bits per heavy atom. The SMILES string of the molecule is CCC(=O)CNCc1ccccc1F. The Balaban J connectivity index is 2.39. The van der Waals surface area contributed by atoms with Crippen LogP contribution in [0.4, 0.5) is 4.39 Å². The Morgan fingerprint density at radius 1 is 1.43 bits per heavy atom. The first-order valence-corrected chi connectivity index (χ1v) is 4.70. The monoisotopic (exact) mass is 195 g/mol. The van der Waals surface area contributed by atoms with Gasteiger partial charge in [0.05, 0.1) is 6.54 Å². The zero-order valence-electron chi connectivity index (χ0n) is 8.22. The van der Waals surface area contributed by atoms with Gasteiger partial charge >= 0.3 is 0 Å². The van der Waals surface area contributed by atoms with Crippen LogP contribution in [0.2, 0.25) is 0 Å². The first-order chi connectivity index (χ1) is 6.74. The van der Waals surface area contributed by atoms with Gasteiger partial charge in [-0.2, -0.15) is 0 Å². The van der Waals surface area contributed by atoms with Crippen LogP contribution >= 0.6 is 0 Å². The van der Waals surface area contributed by atoms with Gasteiger partial charge in [-0.05, 0) is 6.07 Å². The fourth-order valence-corrected chi connectivity index (χ4v) is 1.10. The van der Waals surface area contributed by atoms with Crippen molar-refractivity contribution >= 4 is 5.78 Å². The minimum Gasteiger partial charge on any atom is -0.306 e. The highest BCUT2D eigenvalue weighted by molar-refractivity contribution is 5.80. The zero-order chi connectivity index (χ0) is 10.4. The molecule has 3 heteroatoms. The summed E-state index contributed by atoms with van der Waals surface area (Å²) in [7, 11) is 0. The van der Waals surface area contributed by atoms with E-state index < -0.39 is 0 Å². The van der Waals surface area contributed by atoms with Gasteiger partial charge in [0.15, 0.2) is 0 Å². The summed E-state index contributed by atoms with van der Waals surface area (Å²) >= 11 is 0. The maximum absolute atomic E-state index is 13.1. The van der Waals surface area contributed by atoms with Crippen molar-refractivity contribution in [3.63, 3.8) is 0 Å². The highest BCUT2D eigenvalue weighted by Gasteiger charge is 2.01. The minimum absolute atomic E-state index is 0.140. The molecule has 0 heterocycles. The first kappa shape index (κ1) is 10.9. The predicted molar refractivity (Wildman–Crippen MR) is 53.4 cm³/mol. The van der Waals surface area contributed by atoms with E-state index in [2.05, 4.69) is 5.32 Å². The van der Waals surface area contributed by atoms with E-state index >= 15 is 0 Å². The lowest BCUT2D eigenvalue weighted by molar-refractivity contribution is -0.117. The molecular formula is C11H14FNO. The largest absolute Gasteiger partial charge is 0.306 e. The highest BCUT2D eigenvalue weighted by Crippen LogP contribution is 2.04.